The summed E-state index contributed by atoms with van der Waals surface area (Å²) in [6, 6.07) is 22.5. The van der Waals surface area contributed by atoms with Crippen LogP contribution < -0.4 is 5.43 Å². The number of likely N-dealkylation sites (N-methyl/N-ethyl adjacent to an activating group) is 2. The van der Waals surface area contributed by atoms with E-state index in [1.54, 1.807) is 0 Å². The van der Waals surface area contributed by atoms with E-state index in [2.05, 4.69) is 96.6 Å². The minimum atomic E-state index is 0.251. The Morgan fingerprint density at radius 1 is 0.926 bits per heavy atom. The van der Waals surface area contributed by atoms with Crippen LogP contribution in [-0.4, -0.2) is 55.2 Å². The lowest BCUT2D eigenvalue weighted by atomic mass is 9.93. The molecule has 2 aromatic rings. The summed E-state index contributed by atoms with van der Waals surface area (Å²) in [5, 5.41) is 2.04. The van der Waals surface area contributed by atoms with E-state index in [1.165, 1.54) is 11.1 Å². The van der Waals surface area contributed by atoms with Crippen LogP contribution in [0.25, 0.3) is 0 Å². The van der Waals surface area contributed by atoms with Crippen LogP contribution in [0, 0.1) is 0 Å². The molecule has 0 radical (unpaired) electrons. The Kier molecular flexibility index (Phi) is 6.45. The average Bonchev–Trinajstić information content (AvgIpc) is 2.93. The van der Waals surface area contributed by atoms with Crippen molar-refractivity contribution in [1.29, 1.82) is 0 Å². The number of benzene rings is 2. The van der Waals surface area contributed by atoms with Crippen molar-refractivity contribution in [3.05, 3.63) is 84.4 Å². The molecule has 27 heavy (non-hydrogen) atoms. The molecule has 1 heterocycles. The van der Waals surface area contributed by atoms with Crippen molar-refractivity contribution in [3.8, 4) is 0 Å². The Morgan fingerprint density at radius 3 is 1.74 bits per heavy atom. The van der Waals surface area contributed by atoms with Crippen LogP contribution in [0.1, 0.15) is 29.6 Å². The maximum atomic E-state index is 3.99. The maximum absolute atomic E-state index is 3.99. The van der Waals surface area contributed by atoms with Crippen LogP contribution >= 0.6 is 0 Å². The summed E-state index contributed by atoms with van der Waals surface area (Å²) in [5.41, 5.74) is 6.31. The average molecular weight is 365 g/mol. The smallest absolute Gasteiger partial charge is 0.0804 e. The van der Waals surface area contributed by atoms with Gasteiger partial charge < -0.3 is 0 Å². The first-order valence-corrected chi connectivity index (χ1v) is 9.62. The fourth-order valence-corrected chi connectivity index (χ4v) is 4.52. The summed E-state index contributed by atoms with van der Waals surface area (Å²) in [7, 11) is 8.59. The predicted molar refractivity (Wildman–Crippen MR) is 113 cm³/mol. The summed E-state index contributed by atoms with van der Waals surface area (Å²) in [5.74, 6) is 0. The molecule has 0 unspecified atom stereocenters. The Morgan fingerprint density at radius 2 is 1.37 bits per heavy atom. The largest absolute Gasteiger partial charge is 0.281 e. The van der Waals surface area contributed by atoms with E-state index in [9.17, 15) is 0 Å². The molecule has 0 spiro atoms. The van der Waals surface area contributed by atoms with Gasteiger partial charge in [-0.05, 0) is 31.6 Å². The Labute approximate surface area is 164 Å². The van der Waals surface area contributed by atoms with Gasteiger partial charge in [0.15, 0.2) is 0 Å². The molecule has 1 aliphatic heterocycles. The van der Waals surface area contributed by atoms with Gasteiger partial charge in [-0.2, -0.15) is 0 Å². The van der Waals surface area contributed by atoms with Crippen molar-refractivity contribution in [1.82, 2.24) is 20.2 Å². The van der Waals surface area contributed by atoms with Crippen molar-refractivity contribution in [2.45, 2.75) is 30.7 Å². The number of hydrogen-bond acceptors (Lipinski definition) is 4. The molecule has 0 aromatic heterocycles. The van der Waals surface area contributed by atoms with Gasteiger partial charge in [0.05, 0.1) is 24.3 Å². The SMILES string of the molecule is C=CC[C@@H](NN(C)C)C1N(C)[C@@H](c2ccccc2)[C@H](c2ccccc2)N1C. The molecule has 3 rings (SSSR count). The summed E-state index contributed by atoms with van der Waals surface area (Å²) >= 11 is 0. The van der Waals surface area contributed by atoms with Crippen molar-refractivity contribution in [2.75, 3.05) is 28.2 Å². The second kappa shape index (κ2) is 8.81. The first kappa shape index (κ1) is 19.8. The minimum absolute atomic E-state index is 0.251. The molecule has 0 amide bonds. The topological polar surface area (TPSA) is 21.8 Å². The number of hydrogen-bond donors (Lipinski definition) is 1. The summed E-state index contributed by atoms with van der Waals surface area (Å²) in [6.45, 7) is 3.99. The van der Waals surface area contributed by atoms with Crippen molar-refractivity contribution in [3.63, 3.8) is 0 Å². The number of nitrogens with one attached hydrogen (secondary N) is 1. The standard InChI is InChI=1S/C23H32N4/c1-6-13-20(24-25(2)3)23-26(4)21(18-14-9-7-10-15-18)22(27(23)5)19-16-11-8-12-17-19/h6-12,14-17,20-24H,1,13H2,2-5H3/t20-,21+,22+/m1/s1. The van der Waals surface area contributed by atoms with Crippen molar-refractivity contribution < 1.29 is 0 Å². The van der Waals surface area contributed by atoms with Crippen LogP contribution in [0.4, 0.5) is 0 Å². The number of nitrogens with zero attached hydrogens (tertiary/aromatic N) is 3. The predicted octanol–water partition coefficient (Wildman–Crippen LogP) is 3.68. The zero-order valence-electron chi connectivity index (χ0n) is 16.9. The highest BCUT2D eigenvalue weighted by Gasteiger charge is 2.47. The van der Waals surface area contributed by atoms with Crippen molar-refractivity contribution >= 4 is 0 Å². The van der Waals surface area contributed by atoms with Crippen LogP contribution in [0.15, 0.2) is 73.3 Å². The Bertz CT molecular complexity index is 664. The maximum Gasteiger partial charge on any atom is 0.0804 e. The van der Waals surface area contributed by atoms with Gasteiger partial charge in [-0.15, -0.1) is 6.58 Å². The number of rotatable bonds is 7. The van der Waals surface area contributed by atoms with Gasteiger partial charge in [0, 0.05) is 14.1 Å². The summed E-state index contributed by atoms with van der Waals surface area (Å²) < 4.78 is 0. The van der Waals surface area contributed by atoms with E-state index in [-0.39, 0.29) is 12.2 Å². The highest BCUT2D eigenvalue weighted by molar-refractivity contribution is 5.30. The molecule has 1 N–H and O–H groups in total. The zero-order chi connectivity index (χ0) is 19.4. The molecule has 0 bridgehead atoms. The van der Waals surface area contributed by atoms with Crippen molar-refractivity contribution in [2.24, 2.45) is 0 Å². The van der Waals surface area contributed by atoms with Gasteiger partial charge in [0.2, 0.25) is 0 Å². The fraction of sp³-hybridized carbons (Fsp3) is 0.391. The fourth-order valence-electron chi connectivity index (χ4n) is 4.52. The van der Waals surface area contributed by atoms with Gasteiger partial charge >= 0.3 is 0 Å². The third-order valence-electron chi connectivity index (χ3n) is 5.50. The normalized spacial score (nSPS) is 23.0. The first-order chi connectivity index (χ1) is 13.0. The lowest BCUT2D eigenvalue weighted by Gasteiger charge is -2.36. The van der Waals surface area contributed by atoms with E-state index in [1.807, 2.05) is 25.2 Å². The first-order valence-electron chi connectivity index (χ1n) is 9.62. The highest BCUT2D eigenvalue weighted by Crippen LogP contribution is 2.46. The third kappa shape index (κ3) is 4.14. The molecule has 0 aliphatic carbocycles. The quantitative estimate of drug-likeness (QED) is 0.597. The van der Waals surface area contributed by atoms with E-state index in [0.29, 0.717) is 12.1 Å². The molecule has 1 saturated heterocycles. The molecule has 144 valence electrons. The van der Waals surface area contributed by atoms with E-state index in [0.717, 1.165) is 6.42 Å². The van der Waals surface area contributed by atoms with Crippen LogP contribution in [0.2, 0.25) is 0 Å². The molecule has 4 nitrogen and oxygen atoms in total. The van der Waals surface area contributed by atoms with Crippen LogP contribution in [-0.2, 0) is 0 Å². The van der Waals surface area contributed by atoms with Crippen LogP contribution in [0.5, 0.6) is 0 Å². The molecule has 2 aromatic carbocycles. The van der Waals surface area contributed by atoms with Gasteiger partial charge in [-0.1, -0.05) is 66.7 Å². The minimum Gasteiger partial charge on any atom is -0.281 e. The van der Waals surface area contributed by atoms with Gasteiger partial charge in [0.1, 0.15) is 0 Å². The van der Waals surface area contributed by atoms with E-state index < -0.39 is 0 Å². The van der Waals surface area contributed by atoms with Gasteiger partial charge in [-0.3, -0.25) is 14.8 Å². The molecular formula is C23H32N4. The van der Waals surface area contributed by atoms with E-state index in [4.69, 9.17) is 0 Å². The van der Waals surface area contributed by atoms with Gasteiger partial charge in [0.25, 0.3) is 0 Å². The molecule has 1 aliphatic rings. The highest BCUT2D eigenvalue weighted by atomic mass is 15.5. The molecule has 4 heteroatoms. The summed E-state index contributed by atoms with van der Waals surface area (Å²) in [6.07, 6.45) is 3.16. The Hall–Kier alpha value is -1.98. The summed E-state index contributed by atoms with van der Waals surface area (Å²) in [4.78, 5) is 5.02. The van der Waals surface area contributed by atoms with Crippen LogP contribution in [0.3, 0.4) is 0 Å². The second-order valence-corrected chi connectivity index (χ2v) is 7.61. The van der Waals surface area contributed by atoms with E-state index >= 15 is 0 Å². The molecule has 0 saturated carbocycles. The Balaban J connectivity index is 2.03. The molecule has 1 fully saturated rings. The lowest BCUT2D eigenvalue weighted by Crippen LogP contribution is -2.54. The lowest BCUT2D eigenvalue weighted by molar-refractivity contribution is 0.0802. The van der Waals surface area contributed by atoms with Gasteiger partial charge in [-0.25, -0.2) is 5.43 Å². The third-order valence-corrected chi connectivity index (χ3v) is 5.50. The zero-order valence-corrected chi connectivity index (χ0v) is 16.9. The monoisotopic (exact) mass is 364 g/mol. The second-order valence-electron chi connectivity index (χ2n) is 7.61. The number of hydrazine groups is 1. The molecule has 3 atom stereocenters. The molecular weight excluding hydrogens is 332 g/mol.